The van der Waals surface area contributed by atoms with Gasteiger partial charge in [0.15, 0.2) is 0 Å². The highest BCUT2D eigenvalue weighted by Gasteiger charge is 2.07. The third-order valence-electron chi connectivity index (χ3n) is 2.41. The Bertz CT molecular complexity index is 596. The molecule has 0 saturated heterocycles. The predicted octanol–water partition coefficient (Wildman–Crippen LogP) is 4.66. The number of carboxylic acid groups (broad SMARTS) is 1. The van der Waals surface area contributed by atoms with Crippen LogP contribution in [0.15, 0.2) is 51.8 Å². The van der Waals surface area contributed by atoms with Crippen LogP contribution in [-0.2, 0) is 0 Å². The molecule has 0 atom stereocenters. The Hall–Kier alpha value is -1.46. The van der Waals surface area contributed by atoms with Gasteiger partial charge in [0.1, 0.15) is 11.5 Å². The van der Waals surface area contributed by atoms with E-state index in [-0.39, 0.29) is 5.56 Å². The van der Waals surface area contributed by atoms with E-state index >= 15 is 0 Å². The molecule has 1 N–H and O–H groups in total. The van der Waals surface area contributed by atoms with Crippen molar-refractivity contribution in [3.8, 4) is 11.5 Å². The van der Waals surface area contributed by atoms with Crippen molar-refractivity contribution in [3.05, 3.63) is 52.5 Å². The van der Waals surface area contributed by atoms with E-state index in [0.29, 0.717) is 16.0 Å². The minimum Gasteiger partial charge on any atom is -0.478 e. The summed E-state index contributed by atoms with van der Waals surface area (Å²) in [6, 6.07) is 12.4. The summed E-state index contributed by atoms with van der Waals surface area (Å²) in [6.07, 6.45) is 2.00. The number of halogens is 1. The molecule has 0 saturated carbocycles. The Kier molecular flexibility index (Phi) is 4.50. The molecule has 0 amide bonds. The van der Waals surface area contributed by atoms with E-state index in [1.54, 1.807) is 17.8 Å². The topological polar surface area (TPSA) is 46.5 Å². The molecule has 0 unspecified atom stereocenters. The number of thioether (sulfide) groups is 1. The van der Waals surface area contributed by atoms with Gasteiger partial charge in [0.05, 0.1) is 5.56 Å². The second-order valence-corrected chi connectivity index (χ2v) is 5.55. The van der Waals surface area contributed by atoms with Crippen LogP contribution in [0.5, 0.6) is 11.5 Å². The number of ether oxygens (including phenoxy) is 1. The molecular formula is C14H11BrO3S. The summed E-state index contributed by atoms with van der Waals surface area (Å²) in [7, 11) is 0. The molecule has 0 aliphatic carbocycles. The summed E-state index contributed by atoms with van der Waals surface area (Å²) < 4.78 is 6.32. The average Bonchev–Trinajstić information content (AvgIpc) is 2.39. The van der Waals surface area contributed by atoms with E-state index in [2.05, 4.69) is 15.9 Å². The predicted molar refractivity (Wildman–Crippen MR) is 79.4 cm³/mol. The van der Waals surface area contributed by atoms with E-state index in [1.807, 2.05) is 30.5 Å². The summed E-state index contributed by atoms with van der Waals surface area (Å²) >= 11 is 4.92. The molecule has 2 rings (SSSR count). The summed E-state index contributed by atoms with van der Waals surface area (Å²) in [5, 5.41) is 8.99. The van der Waals surface area contributed by atoms with Gasteiger partial charge in [-0.05, 0) is 48.7 Å². The summed E-state index contributed by atoms with van der Waals surface area (Å²) in [6.45, 7) is 0. The molecule has 0 heterocycles. The highest BCUT2D eigenvalue weighted by atomic mass is 79.9. The molecule has 0 bridgehead atoms. The zero-order valence-electron chi connectivity index (χ0n) is 10.1. The van der Waals surface area contributed by atoms with Crippen LogP contribution in [0.2, 0.25) is 0 Å². The van der Waals surface area contributed by atoms with Gasteiger partial charge in [-0.3, -0.25) is 0 Å². The lowest BCUT2D eigenvalue weighted by Crippen LogP contribution is -1.96. The van der Waals surface area contributed by atoms with Crippen LogP contribution in [-0.4, -0.2) is 17.3 Å². The van der Waals surface area contributed by atoms with Gasteiger partial charge >= 0.3 is 5.97 Å². The normalized spacial score (nSPS) is 10.2. The van der Waals surface area contributed by atoms with Crippen LogP contribution >= 0.6 is 27.7 Å². The fourth-order valence-electron chi connectivity index (χ4n) is 1.52. The van der Waals surface area contributed by atoms with Gasteiger partial charge < -0.3 is 9.84 Å². The third kappa shape index (κ3) is 3.75. The van der Waals surface area contributed by atoms with E-state index in [0.717, 1.165) is 4.90 Å². The molecule has 0 fully saturated rings. The lowest BCUT2D eigenvalue weighted by Gasteiger charge is -2.08. The van der Waals surface area contributed by atoms with Crippen molar-refractivity contribution >= 4 is 33.7 Å². The second kappa shape index (κ2) is 6.12. The first-order valence-electron chi connectivity index (χ1n) is 5.44. The van der Waals surface area contributed by atoms with Gasteiger partial charge in [-0.15, -0.1) is 11.8 Å². The van der Waals surface area contributed by atoms with Crippen molar-refractivity contribution in [1.82, 2.24) is 0 Å². The fraction of sp³-hybridized carbons (Fsp3) is 0.0714. The summed E-state index contributed by atoms with van der Waals surface area (Å²) in [5.74, 6) is 0.180. The number of hydrogen-bond acceptors (Lipinski definition) is 3. The van der Waals surface area contributed by atoms with Crippen molar-refractivity contribution < 1.29 is 14.6 Å². The van der Waals surface area contributed by atoms with Gasteiger partial charge in [-0.25, -0.2) is 4.79 Å². The van der Waals surface area contributed by atoms with Crippen molar-refractivity contribution in [2.75, 3.05) is 6.26 Å². The Morgan fingerprint density at radius 1 is 1.16 bits per heavy atom. The monoisotopic (exact) mass is 338 g/mol. The van der Waals surface area contributed by atoms with Crippen LogP contribution in [0.25, 0.3) is 0 Å². The van der Waals surface area contributed by atoms with Crippen LogP contribution in [0.4, 0.5) is 0 Å². The molecule has 0 aliphatic heterocycles. The Morgan fingerprint density at radius 2 is 1.84 bits per heavy atom. The summed E-state index contributed by atoms with van der Waals surface area (Å²) in [4.78, 5) is 12.1. The van der Waals surface area contributed by atoms with E-state index in [4.69, 9.17) is 9.84 Å². The minimum absolute atomic E-state index is 0.185. The lowest BCUT2D eigenvalue weighted by atomic mass is 10.2. The van der Waals surface area contributed by atoms with Gasteiger partial charge in [-0.1, -0.05) is 15.9 Å². The number of hydrogen-bond donors (Lipinski definition) is 1. The molecule has 0 aliphatic rings. The first kappa shape index (κ1) is 14.0. The maximum absolute atomic E-state index is 11.0. The quantitative estimate of drug-likeness (QED) is 0.823. The molecule has 0 radical (unpaired) electrons. The number of benzene rings is 2. The molecule has 0 spiro atoms. The Labute approximate surface area is 123 Å². The van der Waals surface area contributed by atoms with Crippen molar-refractivity contribution in [1.29, 1.82) is 0 Å². The zero-order valence-corrected chi connectivity index (χ0v) is 12.5. The van der Waals surface area contributed by atoms with Crippen molar-refractivity contribution in [2.45, 2.75) is 4.90 Å². The van der Waals surface area contributed by atoms with Crippen LogP contribution in [0, 0.1) is 0 Å². The number of rotatable bonds is 4. The maximum atomic E-state index is 11.0. The molecule has 5 heteroatoms. The second-order valence-electron chi connectivity index (χ2n) is 3.76. The van der Waals surface area contributed by atoms with Gasteiger partial charge in [0.2, 0.25) is 0 Å². The molecule has 0 aromatic heterocycles. The van der Waals surface area contributed by atoms with E-state index in [9.17, 15) is 4.79 Å². The van der Waals surface area contributed by atoms with Gasteiger partial charge in [-0.2, -0.15) is 0 Å². The standard InChI is InChI=1S/C14H11BrO3S/c1-19-13-4-2-11(3-5-13)18-12-7-9(14(16)17)6-10(15)8-12/h2-8H,1H3,(H,16,17). The number of aromatic carboxylic acids is 1. The Balaban J connectivity index is 2.24. The van der Waals surface area contributed by atoms with Gasteiger partial charge in [0.25, 0.3) is 0 Å². The van der Waals surface area contributed by atoms with Crippen LogP contribution < -0.4 is 4.74 Å². The highest BCUT2D eigenvalue weighted by Crippen LogP contribution is 2.27. The molecular weight excluding hydrogens is 328 g/mol. The number of carboxylic acids is 1. The van der Waals surface area contributed by atoms with E-state index in [1.165, 1.54) is 12.1 Å². The van der Waals surface area contributed by atoms with Crippen LogP contribution in [0.3, 0.4) is 0 Å². The molecule has 2 aromatic carbocycles. The first-order valence-corrected chi connectivity index (χ1v) is 7.46. The van der Waals surface area contributed by atoms with Crippen molar-refractivity contribution in [3.63, 3.8) is 0 Å². The molecule has 98 valence electrons. The average molecular weight is 339 g/mol. The molecule has 19 heavy (non-hydrogen) atoms. The summed E-state index contributed by atoms with van der Waals surface area (Å²) in [5.41, 5.74) is 0.185. The SMILES string of the molecule is CSc1ccc(Oc2cc(Br)cc(C(=O)O)c2)cc1. The smallest absolute Gasteiger partial charge is 0.335 e. The first-order chi connectivity index (χ1) is 9.08. The Morgan fingerprint density at radius 3 is 2.42 bits per heavy atom. The fourth-order valence-corrected chi connectivity index (χ4v) is 2.41. The zero-order chi connectivity index (χ0) is 13.8. The molecule has 2 aromatic rings. The van der Waals surface area contributed by atoms with Crippen molar-refractivity contribution in [2.24, 2.45) is 0 Å². The van der Waals surface area contributed by atoms with Gasteiger partial charge in [0, 0.05) is 9.37 Å². The highest BCUT2D eigenvalue weighted by molar-refractivity contribution is 9.10. The third-order valence-corrected chi connectivity index (χ3v) is 3.61. The lowest BCUT2D eigenvalue weighted by molar-refractivity contribution is 0.0696. The largest absolute Gasteiger partial charge is 0.478 e. The van der Waals surface area contributed by atoms with E-state index < -0.39 is 5.97 Å². The molecule has 3 nitrogen and oxygen atoms in total. The van der Waals surface area contributed by atoms with Crippen LogP contribution in [0.1, 0.15) is 10.4 Å². The number of carbonyl (C=O) groups is 1. The maximum Gasteiger partial charge on any atom is 0.335 e. The minimum atomic E-state index is -0.983.